The number of halogens is 3. The van der Waals surface area contributed by atoms with E-state index in [0.717, 1.165) is 12.1 Å². The second-order valence-electron chi connectivity index (χ2n) is 6.98. The molecule has 0 unspecified atom stereocenters. The third kappa shape index (κ3) is 6.45. The van der Waals surface area contributed by atoms with Gasteiger partial charge in [-0.05, 0) is 52.0 Å². The standard InChI is InChI=1S/C19H23F3N4O2S/c1-11(2)23-17(27)15-10-29-16(25-15)9-26(12(3)4)18(28)24-14-7-5-13(6-8-14)19(20,21)22/h5-8,10-12H,9H2,1-4H3,(H,23,27)(H,24,28). The minimum atomic E-state index is -4.43. The minimum Gasteiger partial charge on any atom is -0.349 e. The molecule has 0 aliphatic rings. The zero-order valence-corrected chi connectivity index (χ0v) is 17.3. The monoisotopic (exact) mass is 428 g/mol. The highest BCUT2D eigenvalue weighted by Gasteiger charge is 2.30. The van der Waals surface area contributed by atoms with Gasteiger partial charge in [-0.25, -0.2) is 9.78 Å². The van der Waals surface area contributed by atoms with Crippen LogP contribution >= 0.6 is 11.3 Å². The fraction of sp³-hybridized carbons (Fsp3) is 0.421. The van der Waals surface area contributed by atoms with Gasteiger partial charge in [-0.3, -0.25) is 4.79 Å². The van der Waals surface area contributed by atoms with Crippen molar-refractivity contribution in [3.63, 3.8) is 0 Å². The number of alkyl halides is 3. The molecule has 1 aromatic heterocycles. The summed E-state index contributed by atoms with van der Waals surface area (Å²) in [5.74, 6) is -0.284. The number of carbonyl (C=O) groups is 2. The van der Waals surface area contributed by atoms with Gasteiger partial charge in [0, 0.05) is 23.2 Å². The maximum Gasteiger partial charge on any atom is 0.416 e. The van der Waals surface area contributed by atoms with Gasteiger partial charge in [0.05, 0.1) is 12.1 Å². The topological polar surface area (TPSA) is 74.3 Å². The maximum atomic E-state index is 12.7. The molecule has 10 heteroatoms. The molecule has 0 aliphatic heterocycles. The lowest BCUT2D eigenvalue weighted by molar-refractivity contribution is -0.137. The molecular formula is C19H23F3N4O2S. The largest absolute Gasteiger partial charge is 0.416 e. The molecule has 2 N–H and O–H groups in total. The van der Waals surface area contributed by atoms with Crippen LogP contribution < -0.4 is 10.6 Å². The first-order valence-electron chi connectivity index (χ1n) is 8.97. The molecular weight excluding hydrogens is 405 g/mol. The van der Waals surface area contributed by atoms with Crippen LogP contribution in [0.1, 0.15) is 48.8 Å². The molecule has 0 spiro atoms. The Kier molecular flexibility index (Phi) is 7.23. The first kappa shape index (κ1) is 22.7. The zero-order chi connectivity index (χ0) is 21.8. The Labute approximate surface area is 171 Å². The van der Waals surface area contributed by atoms with Crippen molar-refractivity contribution in [2.75, 3.05) is 5.32 Å². The van der Waals surface area contributed by atoms with E-state index in [1.807, 2.05) is 27.7 Å². The Morgan fingerprint density at radius 1 is 1.14 bits per heavy atom. The van der Waals surface area contributed by atoms with Crippen LogP contribution in [0.3, 0.4) is 0 Å². The van der Waals surface area contributed by atoms with Gasteiger partial charge in [0.2, 0.25) is 0 Å². The van der Waals surface area contributed by atoms with Crippen molar-refractivity contribution < 1.29 is 22.8 Å². The first-order chi connectivity index (χ1) is 13.5. The number of hydrogen-bond donors (Lipinski definition) is 2. The van der Waals surface area contributed by atoms with E-state index in [2.05, 4.69) is 15.6 Å². The average Bonchev–Trinajstić information content (AvgIpc) is 3.07. The molecule has 0 fully saturated rings. The van der Waals surface area contributed by atoms with Gasteiger partial charge in [0.25, 0.3) is 5.91 Å². The van der Waals surface area contributed by atoms with Crippen LogP contribution in [0.4, 0.5) is 23.7 Å². The summed E-state index contributed by atoms with van der Waals surface area (Å²) in [6, 6.07) is 3.55. The van der Waals surface area contributed by atoms with Crippen molar-refractivity contribution in [3.8, 4) is 0 Å². The number of thiazole rings is 1. The lowest BCUT2D eigenvalue weighted by Crippen LogP contribution is -2.39. The van der Waals surface area contributed by atoms with E-state index < -0.39 is 17.8 Å². The predicted molar refractivity (Wildman–Crippen MR) is 106 cm³/mol. The molecule has 158 valence electrons. The van der Waals surface area contributed by atoms with Crippen LogP contribution in [0, 0.1) is 0 Å². The molecule has 0 radical (unpaired) electrons. The highest BCUT2D eigenvalue weighted by molar-refractivity contribution is 7.09. The third-order valence-electron chi connectivity index (χ3n) is 3.86. The number of nitrogens with zero attached hydrogens (tertiary/aromatic N) is 2. The van der Waals surface area contributed by atoms with Crippen molar-refractivity contribution in [1.29, 1.82) is 0 Å². The molecule has 6 nitrogen and oxygen atoms in total. The zero-order valence-electron chi connectivity index (χ0n) is 16.5. The van der Waals surface area contributed by atoms with Crippen LogP contribution in [-0.4, -0.2) is 33.9 Å². The molecule has 0 saturated carbocycles. The number of nitrogens with one attached hydrogen (secondary N) is 2. The Hall–Kier alpha value is -2.62. The van der Waals surface area contributed by atoms with Gasteiger partial charge in [-0.2, -0.15) is 13.2 Å². The van der Waals surface area contributed by atoms with E-state index in [9.17, 15) is 22.8 Å². The molecule has 0 aliphatic carbocycles. The second kappa shape index (κ2) is 9.25. The summed E-state index contributed by atoms with van der Waals surface area (Å²) in [5, 5.41) is 7.55. The van der Waals surface area contributed by atoms with Crippen LogP contribution in [0.5, 0.6) is 0 Å². The highest BCUT2D eigenvalue weighted by Crippen LogP contribution is 2.30. The summed E-state index contributed by atoms with van der Waals surface area (Å²) < 4.78 is 38.0. The first-order valence-corrected chi connectivity index (χ1v) is 9.85. The van der Waals surface area contributed by atoms with Crippen LogP contribution in [0.25, 0.3) is 0 Å². The van der Waals surface area contributed by atoms with E-state index in [4.69, 9.17) is 0 Å². The number of anilines is 1. The quantitative estimate of drug-likeness (QED) is 0.698. The molecule has 1 aromatic carbocycles. The summed E-state index contributed by atoms with van der Waals surface area (Å²) in [6.45, 7) is 7.48. The summed E-state index contributed by atoms with van der Waals surface area (Å²) in [7, 11) is 0. The number of carbonyl (C=O) groups excluding carboxylic acids is 2. The van der Waals surface area contributed by atoms with Gasteiger partial charge >= 0.3 is 12.2 Å². The third-order valence-corrected chi connectivity index (χ3v) is 4.69. The van der Waals surface area contributed by atoms with E-state index >= 15 is 0 Å². The molecule has 3 amide bonds. The van der Waals surface area contributed by atoms with Gasteiger partial charge in [0.1, 0.15) is 10.7 Å². The van der Waals surface area contributed by atoms with Crippen LogP contribution in [0.2, 0.25) is 0 Å². The Balaban J connectivity index is 2.07. The summed E-state index contributed by atoms with van der Waals surface area (Å²) in [6.07, 6.45) is -4.43. The summed E-state index contributed by atoms with van der Waals surface area (Å²) in [4.78, 5) is 30.4. The van der Waals surface area contributed by atoms with Crippen molar-refractivity contribution in [2.24, 2.45) is 0 Å². The Bertz CT molecular complexity index is 848. The van der Waals surface area contributed by atoms with Gasteiger partial charge in [-0.1, -0.05) is 0 Å². The van der Waals surface area contributed by atoms with Crippen LogP contribution in [0.15, 0.2) is 29.6 Å². The van der Waals surface area contributed by atoms with Crippen molar-refractivity contribution >= 4 is 29.0 Å². The van der Waals surface area contributed by atoms with Crippen molar-refractivity contribution in [2.45, 2.75) is 52.5 Å². The van der Waals surface area contributed by atoms with Crippen molar-refractivity contribution in [3.05, 3.63) is 45.9 Å². The molecule has 29 heavy (non-hydrogen) atoms. The predicted octanol–water partition coefficient (Wildman–Crippen LogP) is 4.74. The Morgan fingerprint density at radius 2 is 1.76 bits per heavy atom. The number of aromatic nitrogens is 1. The maximum absolute atomic E-state index is 12.7. The number of benzene rings is 1. The highest BCUT2D eigenvalue weighted by atomic mass is 32.1. The van der Waals surface area contributed by atoms with Crippen LogP contribution in [-0.2, 0) is 12.7 Å². The number of rotatable bonds is 6. The smallest absolute Gasteiger partial charge is 0.349 e. The van der Waals surface area contributed by atoms with Crippen molar-refractivity contribution in [1.82, 2.24) is 15.2 Å². The molecule has 0 saturated heterocycles. The molecule has 2 rings (SSSR count). The molecule has 0 atom stereocenters. The molecule has 2 aromatic rings. The summed E-state index contributed by atoms with van der Waals surface area (Å²) in [5.41, 5.74) is -0.249. The summed E-state index contributed by atoms with van der Waals surface area (Å²) >= 11 is 1.26. The SMILES string of the molecule is CC(C)NC(=O)c1csc(CN(C(=O)Nc2ccc(C(F)(F)F)cc2)C(C)C)n1. The van der Waals surface area contributed by atoms with E-state index in [1.54, 1.807) is 5.38 Å². The van der Waals surface area contributed by atoms with Gasteiger partial charge in [-0.15, -0.1) is 11.3 Å². The average molecular weight is 428 g/mol. The van der Waals surface area contributed by atoms with E-state index in [-0.39, 0.29) is 35.9 Å². The van der Waals surface area contributed by atoms with Gasteiger partial charge < -0.3 is 15.5 Å². The second-order valence-corrected chi connectivity index (χ2v) is 7.92. The lowest BCUT2D eigenvalue weighted by atomic mass is 10.2. The molecule has 0 bridgehead atoms. The van der Waals surface area contributed by atoms with Gasteiger partial charge in [0.15, 0.2) is 0 Å². The van der Waals surface area contributed by atoms with E-state index in [1.165, 1.54) is 28.4 Å². The number of amides is 3. The lowest BCUT2D eigenvalue weighted by Gasteiger charge is -2.26. The normalized spacial score (nSPS) is 11.6. The number of hydrogen-bond acceptors (Lipinski definition) is 4. The fourth-order valence-corrected chi connectivity index (χ4v) is 3.17. The Morgan fingerprint density at radius 3 is 2.28 bits per heavy atom. The fourth-order valence-electron chi connectivity index (χ4n) is 2.40. The minimum absolute atomic E-state index is 0.0191. The molecule has 1 heterocycles. The number of urea groups is 1. The van der Waals surface area contributed by atoms with E-state index in [0.29, 0.717) is 5.01 Å².